The van der Waals surface area contributed by atoms with Crippen molar-refractivity contribution >= 4 is 11.6 Å². The number of rotatable bonds is 7. The normalized spacial score (nSPS) is 12.1. The standard InChI is InChI=1S/C18H22ClNO/c1-14(11-16-6-4-8-18(13-16)21-2)20-10-9-15-5-3-7-17(19)12-15/h3-8,12-14,20H,9-11H2,1-2H3. The van der Waals surface area contributed by atoms with Gasteiger partial charge in [0.1, 0.15) is 5.75 Å². The SMILES string of the molecule is COc1cccc(CC(C)NCCc2cccc(Cl)c2)c1. The van der Waals surface area contributed by atoms with Crippen LogP contribution in [0.15, 0.2) is 48.5 Å². The second-order valence-electron chi connectivity index (χ2n) is 5.29. The lowest BCUT2D eigenvalue weighted by Crippen LogP contribution is -2.29. The van der Waals surface area contributed by atoms with Crippen LogP contribution < -0.4 is 10.1 Å². The van der Waals surface area contributed by atoms with Crippen LogP contribution in [0.4, 0.5) is 0 Å². The first-order chi connectivity index (χ1) is 10.2. The van der Waals surface area contributed by atoms with Crippen LogP contribution in [0.25, 0.3) is 0 Å². The van der Waals surface area contributed by atoms with Crippen molar-refractivity contribution in [3.63, 3.8) is 0 Å². The van der Waals surface area contributed by atoms with E-state index in [1.165, 1.54) is 11.1 Å². The monoisotopic (exact) mass is 303 g/mol. The summed E-state index contributed by atoms with van der Waals surface area (Å²) in [7, 11) is 1.70. The van der Waals surface area contributed by atoms with Crippen LogP contribution in [0.2, 0.25) is 5.02 Å². The van der Waals surface area contributed by atoms with Gasteiger partial charge in [0, 0.05) is 11.1 Å². The Morgan fingerprint density at radius 2 is 1.86 bits per heavy atom. The molecule has 0 heterocycles. The topological polar surface area (TPSA) is 21.3 Å². The molecule has 0 aliphatic heterocycles. The van der Waals surface area contributed by atoms with E-state index in [0.29, 0.717) is 6.04 Å². The molecule has 0 fully saturated rings. The first-order valence-electron chi connectivity index (χ1n) is 7.28. The Balaban J connectivity index is 1.78. The molecular weight excluding hydrogens is 282 g/mol. The lowest BCUT2D eigenvalue weighted by Gasteiger charge is -2.14. The number of hydrogen-bond acceptors (Lipinski definition) is 2. The fraction of sp³-hybridized carbons (Fsp3) is 0.333. The van der Waals surface area contributed by atoms with Crippen molar-refractivity contribution < 1.29 is 4.74 Å². The van der Waals surface area contributed by atoms with Gasteiger partial charge in [-0.3, -0.25) is 0 Å². The largest absolute Gasteiger partial charge is 0.497 e. The summed E-state index contributed by atoms with van der Waals surface area (Å²) in [5.41, 5.74) is 2.56. The van der Waals surface area contributed by atoms with Crippen LogP contribution in [0.1, 0.15) is 18.1 Å². The summed E-state index contributed by atoms with van der Waals surface area (Å²) in [6, 6.07) is 16.7. The quantitative estimate of drug-likeness (QED) is 0.831. The van der Waals surface area contributed by atoms with Crippen molar-refractivity contribution in [2.24, 2.45) is 0 Å². The van der Waals surface area contributed by atoms with Gasteiger partial charge >= 0.3 is 0 Å². The van der Waals surface area contributed by atoms with Gasteiger partial charge in [-0.25, -0.2) is 0 Å². The Morgan fingerprint density at radius 1 is 1.10 bits per heavy atom. The smallest absolute Gasteiger partial charge is 0.119 e. The van der Waals surface area contributed by atoms with E-state index in [2.05, 4.69) is 30.4 Å². The van der Waals surface area contributed by atoms with Crippen LogP contribution in [0.5, 0.6) is 5.75 Å². The van der Waals surface area contributed by atoms with Crippen molar-refractivity contribution in [1.82, 2.24) is 5.32 Å². The number of halogens is 1. The zero-order chi connectivity index (χ0) is 15.1. The summed E-state index contributed by atoms with van der Waals surface area (Å²) >= 11 is 5.99. The van der Waals surface area contributed by atoms with Crippen molar-refractivity contribution in [2.75, 3.05) is 13.7 Å². The molecule has 0 aliphatic rings. The third kappa shape index (κ3) is 5.41. The van der Waals surface area contributed by atoms with Gasteiger partial charge in [0.2, 0.25) is 0 Å². The third-order valence-electron chi connectivity index (χ3n) is 3.47. The molecule has 2 aromatic carbocycles. The molecule has 0 spiro atoms. The molecule has 1 unspecified atom stereocenters. The number of ether oxygens (including phenoxy) is 1. The maximum Gasteiger partial charge on any atom is 0.119 e. The summed E-state index contributed by atoms with van der Waals surface area (Å²) in [5.74, 6) is 0.915. The van der Waals surface area contributed by atoms with E-state index in [0.717, 1.165) is 30.2 Å². The van der Waals surface area contributed by atoms with E-state index >= 15 is 0 Å². The van der Waals surface area contributed by atoms with Gasteiger partial charge in [-0.2, -0.15) is 0 Å². The van der Waals surface area contributed by atoms with Gasteiger partial charge in [0.05, 0.1) is 7.11 Å². The van der Waals surface area contributed by atoms with E-state index in [1.807, 2.05) is 30.3 Å². The molecule has 1 N–H and O–H groups in total. The predicted octanol–water partition coefficient (Wildman–Crippen LogP) is 4.11. The van der Waals surface area contributed by atoms with E-state index < -0.39 is 0 Å². The summed E-state index contributed by atoms with van der Waals surface area (Å²) < 4.78 is 5.25. The zero-order valence-electron chi connectivity index (χ0n) is 12.6. The van der Waals surface area contributed by atoms with Crippen molar-refractivity contribution in [2.45, 2.75) is 25.8 Å². The molecule has 112 valence electrons. The molecule has 3 heteroatoms. The number of benzene rings is 2. The highest BCUT2D eigenvalue weighted by Gasteiger charge is 2.04. The average Bonchev–Trinajstić information content (AvgIpc) is 2.47. The maximum atomic E-state index is 5.99. The van der Waals surface area contributed by atoms with Crippen LogP contribution in [-0.4, -0.2) is 19.7 Å². The molecule has 0 aliphatic carbocycles. The Bertz CT molecular complexity index is 571. The third-order valence-corrected chi connectivity index (χ3v) is 3.71. The molecule has 0 saturated heterocycles. The molecule has 2 rings (SSSR count). The summed E-state index contributed by atoms with van der Waals surface area (Å²) in [4.78, 5) is 0. The van der Waals surface area contributed by atoms with Crippen molar-refractivity contribution in [1.29, 1.82) is 0 Å². The first-order valence-corrected chi connectivity index (χ1v) is 7.66. The van der Waals surface area contributed by atoms with E-state index in [1.54, 1.807) is 7.11 Å². The molecule has 21 heavy (non-hydrogen) atoms. The fourth-order valence-electron chi connectivity index (χ4n) is 2.38. The molecule has 0 bridgehead atoms. The summed E-state index contributed by atoms with van der Waals surface area (Å²) in [6.45, 7) is 3.16. The molecular formula is C18H22ClNO. The van der Waals surface area contributed by atoms with E-state index in [9.17, 15) is 0 Å². The van der Waals surface area contributed by atoms with Crippen molar-refractivity contribution in [3.05, 3.63) is 64.7 Å². The van der Waals surface area contributed by atoms with Gasteiger partial charge < -0.3 is 10.1 Å². The Morgan fingerprint density at radius 3 is 2.62 bits per heavy atom. The van der Waals surface area contributed by atoms with E-state index in [-0.39, 0.29) is 0 Å². The van der Waals surface area contributed by atoms with Gasteiger partial charge in [-0.15, -0.1) is 0 Å². The molecule has 2 nitrogen and oxygen atoms in total. The second kappa shape index (κ2) is 8.06. The summed E-state index contributed by atoms with van der Waals surface area (Å²) in [5, 5.41) is 4.36. The van der Waals surface area contributed by atoms with Gasteiger partial charge in [-0.1, -0.05) is 35.9 Å². The molecule has 0 aromatic heterocycles. The highest BCUT2D eigenvalue weighted by Crippen LogP contribution is 2.14. The minimum atomic E-state index is 0.427. The Labute approximate surface area is 132 Å². The Hall–Kier alpha value is -1.51. The summed E-state index contributed by atoms with van der Waals surface area (Å²) in [6.07, 6.45) is 1.98. The lowest BCUT2D eigenvalue weighted by atomic mass is 10.1. The van der Waals surface area contributed by atoms with Crippen LogP contribution >= 0.6 is 11.6 Å². The highest BCUT2D eigenvalue weighted by molar-refractivity contribution is 6.30. The second-order valence-corrected chi connectivity index (χ2v) is 5.73. The number of methoxy groups -OCH3 is 1. The van der Waals surface area contributed by atoms with Gasteiger partial charge in [-0.05, 0) is 61.7 Å². The minimum Gasteiger partial charge on any atom is -0.497 e. The minimum absolute atomic E-state index is 0.427. The van der Waals surface area contributed by atoms with Crippen LogP contribution in [0, 0.1) is 0 Å². The number of nitrogens with one attached hydrogen (secondary N) is 1. The van der Waals surface area contributed by atoms with Crippen LogP contribution in [-0.2, 0) is 12.8 Å². The number of hydrogen-bond donors (Lipinski definition) is 1. The lowest BCUT2D eigenvalue weighted by molar-refractivity contribution is 0.414. The van der Waals surface area contributed by atoms with Gasteiger partial charge in [0.15, 0.2) is 0 Å². The Kier molecular flexibility index (Phi) is 6.09. The van der Waals surface area contributed by atoms with Gasteiger partial charge in [0.25, 0.3) is 0 Å². The fourth-order valence-corrected chi connectivity index (χ4v) is 2.59. The molecule has 1 atom stereocenters. The highest BCUT2D eigenvalue weighted by atomic mass is 35.5. The molecule has 0 amide bonds. The van der Waals surface area contributed by atoms with Crippen LogP contribution in [0.3, 0.4) is 0 Å². The van der Waals surface area contributed by atoms with E-state index in [4.69, 9.17) is 16.3 Å². The predicted molar refractivity (Wildman–Crippen MR) is 89.3 cm³/mol. The molecule has 2 aromatic rings. The maximum absolute atomic E-state index is 5.99. The molecule has 0 saturated carbocycles. The average molecular weight is 304 g/mol. The first kappa shape index (κ1) is 15.9. The zero-order valence-corrected chi connectivity index (χ0v) is 13.4. The van der Waals surface area contributed by atoms with Crippen molar-refractivity contribution in [3.8, 4) is 5.75 Å². The molecule has 0 radical (unpaired) electrons.